The van der Waals surface area contributed by atoms with Crippen molar-refractivity contribution in [3.63, 3.8) is 0 Å². The summed E-state index contributed by atoms with van der Waals surface area (Å²) in [5, 5.41) is 3.60. The smallest absolute Gasteiger partial charge is 0.0642 e. The van der Waals surface area contributed by atoms with Crippen LogP contribution in [0.1, 0.15) is 12.8 Å². The molecular formula is C13H18N2O. The fraction of sp³-hybridized carbons (Fsp3) is 0.538. The van der Waals surface area contributed by atoms with Gasteiger partial charge in [0, 0.05) is 19.1 Å². The maximum atomic E-state index is 5.39. The molecule has 2 fully saturated rings. The number of anilines is 2. The summed E-state index contributed by atoms with van der Waals surface area (Å²) < 4.78 is 5.39. The second-order valence-electron chi connectivity index (χ2n) is 4.54. The van der Waals surface area contributed by atoms with Gasteiger partial charge < -0.3 is 15.0 Å². The van der Waals surface area contributed by atoms with Crippen LogP contribution in [0.25, 0.3) is 0 Å². The van der Waals surface area contributed by atoms with E-state index in [0.29, 0.717) is 6.04 Å². The van der Waals surface area contributed by atoms with Gasteiger partial charge in [0.1, 0.15) is 0 Å². The molecule has 0 radical (unpaired) electrons. The lowest BCUT2D eigenvalue weighted by molar-refractivity contribution is 0.123. The first-order valence-electron chi connectivity index (χ1n) is 6.12. The topological polar surface area (TPSA) is 24.5 Å². The third kappa shape index (κ3) is 2.14. The highest BCUT2D eigenvalue weighted by molar-refractivity contribution is 5.70. The normalized spacial score (nSPS) is 20.9. The average molecular weight is 218 g/mol. The van der Waals surface area contributed by atoms with Crippen molar-refractivity contribution >= 4 is 11.4 Å². The molecule has 86 valence electrons. The monoisotopic (exact) mass is 218 g/mol. The zero-order valence-corrected chi connectivity index (χ0v) is 9.48. The van der Waals surface area contributed by atoms with Crippen molar-refractivity contribution in [2.24, 2.45) is 0 Å². The van der Waals surface area contributed by atoms with Gasteiger partial charge in [-0.25, -0.2) is 0 Å². The average Bonchev–Trinajstić information content (AvgIpc) is 3.15. The van der Waals surface area contributed by atoms with Gasteiger partial charge in [0.15, 0.2) is 0 Å². The molecule has 0 unspecified atom stereocenters. The van der Waals surface area contributed by atoms with Crippen molar-refractivity contribution in [2.45, 2.75) is 18.9 Å². The number of para-hydroxylation sites is 2. The lowest BCUT2D eigenvalue weighted by atomic mass is 10.2. The molecule has 1 aliphatic heterocycles. The van der Waals surface area contributed by atoms with Gasteiger partial charge in [-0.1, -0.05) is 12.1 Å². The molecule has 3 rings (SSSR count). The fourth-order valence-electron chi connectivity index (χ4n) is 2.12. The third-order valence-electron chi connectivity index (χ3n) is 3.19. The van der Waals surface area contributed by atoms with Crippen LogP contribution in [-0.4, -0.2) is 32.3 Å². The molecule has 1 aromatic carbocycles. The number of nitrogens with zero attached hydrogens (tertiary/aromatic N) is 1. The molecular weight excluding hydrogens is 200 g/mol. The van der Waals surface area contributed by atoms with Crippen LogP contribution >= 0.6 is 0 Å². The summed E-state index contributed by atoms with van der Waals surface area (Å²) in [6.45, 7) is 3.70. The first-order valence-corrected chi connectivity index (χ1v) is 6.12. The highest BCUT2D eigenvalue weighted by Gasteiger charge is 2.23. The Kier molecular flexibility index (Phi) is 2.70. The van der Waals surface area contributed by atoms with E-state index in [1.807, 2.05) is 0 Å². The molecule has 1 saturated heterocycles. The highest BCUT2D eigenvalue weighted by Crippen LogP contribution is 2.31. The molecule has 1 aromatic rings. The molecule has 3 nitrogen and oxygen atoms in total. The minimum Gasteiger partial charge on any atom is -0.381 e. The van der Waals surface area contributed by atoms with Crippen molar-refractivity contribution in [1.29, 1.82) is 0 Å². The number of rotatable bonds is 3. The Labute approximate surface area is 96.4 Å². The second-order valence-corrected chi connectivity index (χ2v) is 4.54. The van der Waals surface area contributed by atoms with Gasteiger partial charge in [-0.15, -0.1) is 0 Å². The van der Waals surface area contributed by atoms with Crippen LogP contribution in [0.5, 0.6) is 0 Å². The van der Waals surface area contributed by atoms with E-state index >= 15 is 0 Å². The molecule has 1 N–H and O–H groups in total. The highest BCUT2D eigenvalue weighted by atomic mass is 16.5. The maximum Gasteiger partial charge on any atom is 0.0642 e. The van der Waals surface area contributed by atoms with E-state index in [4.69, 9.17) is 4.74 Å². The summed E-state index contributed by atoms with van der Waals surface area (Å²) in [6.07, 6.45) is 2.63. The van der Waals surface area contributed by atoms with Crippen molar-refractivity contribution in [3.8, 4) is 0 Å². The van der Waals surface area contributed by atoms with Crippen LogP contribution in [0.15, 0.2) is 24.3 Å². The zero-order chi connectivity index (χ0) is 10.8. The molecule has 0 aromatic heterocycles. The Balaban J connectivity index is 1.79. The lowest BCUT2D eigenvalue weighted by Gasteiger charge is -2.30. The predicted octanol–water partition coefficient (Wildman–Crippen LogP) is 2.10. The van der Waals surface area contributed by atoms with Gasteiger partial charge in [0.05, 0.1) is 24.6 Å². The van der Waals surface area contributed by atoms with Crippen LogP contribution in [0.2, 0.25) is 0 Å². The fourth-order valence-corrected chi connectivity index (χ4v) is 2.12. The Hall–Kier alpha value is -1.22. The van der Waals surface area contributed by atoms with Crippen LogP contribution in [0.4, 0.5) is 11.4 Å². The van der Waals surface area contributed by atoms with E-state index < -0.39 is 0 Å². The van der Waals surface area contributed by atoms with E-state index in [1.165, 1.54) is 24.2 Å². The summed E-state index contributed by atoms with van der Waals surface area (Å²) in [7, 11) is 0. The van der Waals surface area contributed by atoms with Crippen LogP contribution in [0, 0.1) is 0 Å². The first kappa shape index (κ1) is 9.97. The van der Waals surface area contributed by atoms with E-state index in [0.717, 1.165) is 26.3 Å². The van der Waals surface area contributed by atoms with E-state index in [1.54, 1.807) is 0 Å². The number of morpholine rings is 1. The Bertz CT molecular complexity index is 357. The molecule has 3 heteroatoms. The minimum absolute atomic E-state index is 0.710. The molecule has 1 saturated carbocycles. The zero-order valence-electron chi connectivity index (χ0n) is 9.48. The van der Waals surface area contributed by atoms with Gasteiger partial charge in [-0.2, -0.15) is 0 Å². The molecule has 1 aliphatic carbocycles. The minimum atomic E-state index is 0.710. The first-order chi connectivity index (χ1) is 7.93. The Morgan fingerprint density at radius 3 is 2.62 bits per heavy atom. The van der Waals surface area contributed by atoms with Crippen molar-refractivity contribution in [1.82, 2.24) is 0 Å². The predicted molar refractivity (Wildman–Crippen MR) is 66.1 cm³/mol. The molecule has 2 aliphatic rings. The van der Waals surface area contributed by atoms with E-state index in [2.05, 4.69) is 34.5 Å². The summed E-state index contributed by atoms with van der Waals surface area (Å²) >= 11 is 0. The standard InChI is InChI=1S/C13H18N2O/c1-2-4-13(15-7-9-16-10-8-15)12(3-1)14-11-5-6-11/h1-4,11,14H,5-10H2. The van der Waals surface area contributed by atoms with E-state index in [9.17, 15) is 0 Å². The SMILES string of the molecule is c1ccc(N2CCOCC2)c(NC2CC2)c1. The Morgan fingerprint density at radius 1 is 1.12 bits per heavy atom. The number of hydrogen-bond donors (Lipinski definition) is 1. The number of benzene rings is 1. The summed E-state index contributed by atoms with van der Waals surface area (Å²) in [6, 6.07) is 9.32. The molecule has 0 amide bonds. The van der Waals surface area contributed by atoms with Gasteiger partial charge in [-0.3, -0.25) is 0 Å². The Morgan fingerprint density at radius 2 is 1.88 bits per heavy atom. The molecule has 16 heavy (non-hydrogen) atoms. The van der Waals surface area contributed by atoms with Crippen molar-refractivity contribution in [3.05, 3.63) is 24.3 Å². The van der Waals surface area contributed by atoms with Gasteiger partial charge >= 0.3 is 0 Å². The van der Waals surface area contributed by atoms with Crippen molar-refractivity contribution < 1.29 is 4.74 Å². The van der Waals surface area contributed by atoms with Crippen LogP contribution in [-0.2, 0) is 4.74 Å². The summed E-state index contributed by atoms with van der Waals surface area (Å²) in [5.41, 5.74) is 2.62. The lowest BCUT2D eigenvalue weighted by Crippen LogP contribution is -2.36. The number of ether oxygens (including phenoxy) is 1. The van der Waals surface area contributed by atoms with Crippen LogP contribution < -0.4 is 10.2 Å². The molecule has 0 spiro atoms. The van der Waals surface area contributed by atoms with E-state index in [-0.39, 0.29) is 0 Å². The van der Waals surface area contributed by atoms with Gasteiger partial charge in [0.2, 0.25) is 0 Å². The summed E-state index contributed by atoms with van der Waals surface area (Å²) in [4.78, 5) is 2.41. The molecule has 0 atom stereocenters. The molecule has 0 bridgehead atoms. The van der Waals surface area contributed by atoms with Gasteiger partial charge in [-0.05, 0) is 25.0 Å². The summed E-state index contributed by atoms with van der Waals surface area (Å²) in [5.74, 6) is 0. The van der Waals surface area contributed by atoms with Gasteiger partial charge in [0.25, 0.3) is 0 Å². The van der Waals surface area contributed by atoms with Crippen LogP contribution in [0.3, 0.4) is 0 Å². The maximum absolute atomic E-state index is 5.39. The quantitative estimate of drug-likeness (QED) is 0.841. The number of hydrogen-bond acceptors (Lipinski definition) is 3. The largest absolute Gasteiger partial charge is 0.381 e. The second kappa shape index (κ2) is 4.34. The number of nitrogens with one attached hydrogen (secondary N) is 1. The van der Waals surface area contributed by atoms with Crippen molar-refractivity contribution in [2.75, 3.05) is 36.5 Å². The molecule has 1 heterocycles. The third-order valence-corrected chi connectivity index (χ3v) is 3.19.